The first-order valence-corrected chi connectivity index (χ1v) is 5.81. The highest BCUT2D eigenvalue weighted by atomic mass is 19.1. The number of rotatable bonds is 3. The Bertz CT molecular complexity index is 611. The fourth-order valence-electron chi connectivity index (χ4n) is 1.69. The van der Waals surface area contributed by atoms with Crippen molar-refractivity contribution in [3.8, 4) is 5.75 Å². The van der Waals surface area contributed by atoms with Gasteiger partial charge in [-0.1, -0.05) is 12.1 Å². The van der Waals surface area contributed by atoms with Crippen LogP contribution in [0.2, 0.25) is 0 Å². The second-order valence-electron chi connectivity index (χ2n) is 4.15. The van der Waals surface area contributed by atoms with E-state index < -0.39 is 0 Å². The Morgan fingerprint density at radius 3 is 2.74 bits per heavy atom. The number of carbonyl (C=O) groups is 1. The number of nitrogens with one attached hydrogen (secondary N) is 1. The second-order valence-corrected chi connectivity index (χ2v) is 4.15. The molecule has 2 rings (SSSR count). The summed E-state index contributed by atoms with van der Waals surface area (Å²) >= 11 is 0. The molecule has 0 heterocycles. The fraction of sp³-hybridized carbons (Fsp3) is 0.133. The largest absolute Gasteiger partial charge is 0.497 e. The van der Waals surface area contributed by atoms with Gasteiger partial charge < -0.3 is 10.1 Å². The average Bonchev–Trinajstić information content (AvgIpc) is 2.43. The Labute approximate surface area is 111 Å². The van der Waals surface area contributed by atoms with Crippen LogP contribution >= 0.6 is 0 Å². The number of hydrogen-bond donors (Lipinski definition) is 1. The molecule has 1 amide bonds. The lowest BCUT2D eigenvalue weighted by molar-refractivity contribution is 0.102. The minimum Gasteiger partial charge on any atom is -0.497 e. The molecule has 0 atom stereocenters. The number of hydrogen-bond acceptors (Lipinski definition) is 2. The maximum atomic E-state index is 13.1. The van der Waals surface area contributed by atoms with Crippen molar-refractivity contribution in [1.82, 2.24) is 0 Å². The quantitative estimate of drug-likeness (QED) is 0.917. The van der Waals surface area contributed by atoms with Gasteiger partial charge in [0.15, 0.2) is 0 Å². The molecule has 0 aromatic heterocycles. The topological polar surface area (TPSA) is 38.3 Å². The molecule has 19 heavy (non-hydrogen) atoms. The minimum atomic E-state index is -0.383. The molecule has 0 radical (unpaired) electrons. The number of aryl methyl sites for hydroxylation is 1. The number of anilines is 1. The number of halogens is 1. The van der Waals surface area contributed by atoms with E-state index in [-0.39, 0.29) is 11.7 Å². The molecular weight excluding hydrogens is 245 g/mol. The summed E-state index contributed by atoms with van der Waals surface area (Å²) in [5.74, 6) is -0.0808. The summed E-state index contributed by atoms with van der Waals surface area (Å²) in [7, 11) is 1.54. The average molecular weight is 259 g/mol. The van der Waals surface area contributed by atoms with Crippen LogP contribution in [0.3, 0.4) is 0 Å². The molecule has 0 aliphatic heterocycles. The van der Waals surface area contributed by atoms with E-state index in [4.69, 9.17) is 4.74 Å². The van der Waals surface area contributed by atoms with E-state index >= 15 is 0 Å². The normalized spacial score (nSPS) is 10.1. The van der Waals surface area contributed by atoms with E-state index in [0.717, 1.165) is 5.56 Å². The van der Waals surface area contributed by atoms with Gasteiger partial charge in [0.1, 0.15) is 11.6 Å². The van der Waals surface area contributed by atoms with Crippen molar-refractivity contribution < 1.29 is 13.9 Å². The third kappa shape index (κ3) is 3.10. The van der Waals surface area contributed by atoms with Crippen molar-refractivity contribution in [3.63, 3.8) is 0 Å². The monoisotopic (exact) mass is 259 g/mol. The molecule has 4 heteroatoms. The third-order valence-electron chi connectivity index (χ3n) is 2.78. The van der Waals surface area contributed by atoms with E-state index in [9.17, 15) is 9.18 Å². The molecule has 1 N–H and O–H groups in total. The van der Waals surface area contributed by atoms with Gasteiger partial charge in [-0.2, -0.15) is 0 Å². The zero-order valence-electron chi connectivity index (χ0n) is 10.7. The summed E-state index contributed by atoms with van der Waals surface area (Å²) < 4.78 is 18.2. The highest BCUT2D eigenvalue weighted by Crippen LogP contribution is 2.18. The van der Waals surface area contributed by atoms with Crippen LogP contribution < -0.4 is 10.1 Å². The maximum Gasteiger partial charge on any atom is 0.255 e. The van der Waals surface area contributed by atoms with Crippen LogP contribution in [0.15, 0.2) is 42.5 Å². The van der Waals surface area contributed by atoms with Crippen LogP contribution in [0.1, 0.15) is 15.9 Å². The van der Waals surface area contributed by atoms with Gasteiger partial charge in [-0.15, -0.1) is 0 Å². The molecule has 3 nitrogen and oxygen atoms in total. The summed E-state index contributed by atoms with van der Waals surface area (Å²) in [5.41, 5.74) is 1.73. The molecule has 0 fully saturated rings. The summed E-state index contributed by atoms with van der Waals surface area (Å²) in [6.07, 6.45) is 0. The van der Waals surface area contributed by atoms with Gasteiger partial charge >= 0.3 is 0 Å². The molecule has 2 aromatic rings. The lowest BCUT2D eigenvalue weighted by atomic mass is 10.1. The molecule has 0 aliphatic carbocycles. The van der Waals surface area contributed by atoms with Gasteiger partial charge in [-0.25, -0.2) is 4.39 Å². The summed E-state index contributed by atoms with van der Waals surface area (Å²) in [4.78, 5) is 12.1. The maximum absolute atomic E-state index is 13.1. The molecule has 0 aliphatic rings. The molecule has 0 spiro atoms. The van der Waals surface area contributed by atoms with Crippen molar-refractivity contribution in [2.45, 2.75) is 6.92 Å². The standard InChI is InChI=1S/C15H14FNO2/c1-10-6-7-12(16)9-14(10)17-15(18)11-4-3-5-13(8-11)19-2/h3-9H,1-2H3,(H,17,18). The van der Waals surface area contributed by atoms with Crippen LogP contribution in [0.5, 0.6) is 5.75 Å². The predicted octanol–water partition coefficient (Wildman–Crippen LogP) is 3.40. The Hall–Kier alpha value is -2.36. The first-order chi connectivity index (χ1) is 9.10. The number of ether oxygens (including phenoxy) is 1. The first-order valence-electron chi connectivity index (χ1n) is 5.81. The fourth-order valence-corrected chi connectivity index (χ4v) is 1.69. The molecule has 98 valence electrons. The highest BCUT2D eigenvalue weighted by Gasteiger charge is 2.09. The minimum absolute atomic E-state index is 0.299. The smallest absolute Gasteiger partial charge is 0.255 e. The van der Waals surface area contributed by atoms with Crippen molar-refractivity contribution >= 4 is 11.6 Å². The van der Waals surface area contributed by atoms with Crippen LogP contribution in [0.4, 0.5) is 10.1 Å². The molecule has 0 bridgehead atoms. The molecule has 0 unspecified atom stereocenters. The molecule has 0 saturated heterocycles. The van der Waals surface area contributed by atoms with E-state index in [1.165, 1.54) is 19.2 Å². The van der Waals surface area contributed by atoms with E-state index in [1.54, 1.807) is 37.3 Å². The van der Waals surface area contributed by atoms with Gasteiger partial charge in [-0.05, 0) is 42.8 Å². The van der Waals surface area contributed by atoms with Crippen molar-refractivity contribution in [1.29, 1.82) is 0 Å². The highest BCUT2D eigenvalue weighted by molar-refractivity contribution is 6.04. The van der Waals surface area contributed by atoms with Gasteiger partial charge in [0.2, 0.25) is 0 Å². The van der Waals surface area contributed by atoms with Crippen LogP contribution in [-0.2, 0) is 0 Å². The van der Waals surface area contributed by atoms with Gasteiger partial charge in [-0.3, -0.25) is 4.79 Å². The zero-order valence-corrected chi connectivity index (χ0v) is 10.7. The second kappa shape index (κ2) is 5.52. The first kappa shape index (κ1) is 13.1. The van der Waals surface area contributed by atoms with Gasteiger partial charge in [0.25, 0.3) is 5.91 Å². The number of benzene rings is 2. The summed E-state index contributed by atoms with van der Waals surface area (Å²) in [5, 5.41) is 2.68. The zero-order chi connectivity index (χ0) is 13.8. The lowest BCUT2D eigenvalue weighted by Gasteiger charge is -2.09. The Balaban J connectivity index is 2.22. The number of amides is 1. The molecule has 0 saturated carbocycles. The molecular formula is C15H14FNO2. The van der Waals surface area contributed by atoms with Crippen molar-refractivity contribution in [3.05, 3.63) is 59.4 Å². The van der Waals surface area contributed by atoms with Crippen LogP contribution in [0, 0.1) is 12.7 Å². The van der Waals surface area contributed by atoms with Crippen molar-refractivity contribution in [2.24, 2.45) is 0 Å². The van der Waals surface area contributed by atoms with Crippen LogP contribution in [0.25, 0.3) is 0 Å². The molecule has 2 aromatic carbocycles. The Kier molecular flexibility index (Phi) is 3.80. The van der Waals surface area contributed by atoms with E-state index in [0.29, 0.717) is 17.0 Å². The number of carbonyl (C=O) groups excluding carboxylic acids is 1. The van der Waals surface area contributed by atoms with Crippen molar-refractivity contribution in [2.75, 3.05) is 12.4 Å². The van der Waals surface area contributed by atoms with Gasteiger partial charge in [0, 0.05) is 11.3 Å². The Morgan fingerprint density at radius 1 is 1.21 bits per heavy atom. The summed E-state index contributed by atoms with van der Waals surface area (Å²) in [6.45, 7) is 1.81. The predicted molar refractivity (Wildman–Crippen MR) is 72.1 cm³/mol. The van der Waals surface area contributed by atoms with E-state index in [2.05, 4.69) is 5.32 Å². The SMILES string of the molecule is COc1cccc(C(=O)Nc2cc(F)ccc2C)c1. The number of methoxy groups -OCH3 is 1. The van der Waals surface area contributed by atoms with Crippen LogP contribution in [-0.4, -0.2) is 13.0 Å². The van der Waals surface area contributed by atoms with E-state index in [1.807, 2.05) is 0 Å². The third-order valence-corrected chi connectivity index (χ3v) is 2.78. The summed E-state index contributed by atoms with van der Waals surface area (Å²) in [6, 6.07) is 11.1. The Morgan fingerprint density at radius 2 is 2.00 bits per heavy atom. The lowest BCUT2D eigenvalue weighted by Crippen LogP contribution is -2.13. The van der Waals surface area contributed by atoms with Gasteiger partial charge in [0.05, 0.1) is 7.11 Å².